The van der Waals surface area contributed by atoms with Gasteiger partial charge in [-0.05, 0) is 48.2 Å². The van der Waals surface area contributed by atoms with Crippen LogP contribution in [0.2, 0.25) is 0 Å². The van der Waals surface area contributed by atoms with Gasteiger partial charge in [0.25, 0.3) is 5.91 Å². The first-order chi connectivity index (χ1) is 13.2. The molecule has 3 aromatic rings. The highest BCUT2D eigenvalue weighted by atomic mass is 32.1. The van der Waals surface area contributed by atoms with Crippen LogP contribution in [0.4, 0.5) is 0 Å². The van der Waals surface area contributed by atoms with Gasteiger partial charge < -0.3 is 10.2 Å². The normalized spacial score (nSPS) is 13.2. The molecule has 0 saturated carbocycles. The van der Waals surface area contributed by atoms with Crippen molar-refractivity contribution in [1.29, 1.82) is 0 Å². The standard InChI is InChI=1S/C22H23N3OS/c1-16-6-2-3-7-17(16)14-25(15-19-8-4-5-10-24-19)22(26)21-12-18-13-23-11-9-20(18)27-21/h2-8,10,12,23H,9,11,13-15H2,1H3. The fourth-order valence-electron chi connectivity index (χ4n) is 3.39. The Hall–Kier alpha value is -2.50. The summed E-state index contributed by atoms with van der Waals surface area (Å²) >= 11 is 1.65. The maximum absolute atomic E-state index is 13.4. The lowest BCUT2D eigenvalue weighted by atomic mass is 10.1. The topological polar surface area (TPSA) is 45.2 Å². The molecule has 1 aromatic carbocycles. The Morgan fingerprint density at radius 1 is 1.19 bits per heavy atom. The van der Waals surface area contributed by atoms with Crippen LogP contribution in [0.15, 0.2) is 54.7 Å². The van der Waals surface area contributed by atoms with Gasteiger partial charge in [0.1, 0.15) is 0 Å². The number of benzene rings is 1. The van der Waals surface area contributed by atoms with Gasteiger partial charge in [-0.15, -0.1) is 11.3 Å². The fraction of sp³-hybridized carbons (Fsp3) is 0.273. The highest BCUT2D eigenvalue weighted by Crippen LogP contribution is 2.27. The molecule has 1 amide bonds. The molecular formula is C22H23N3OS. The second-order valence-electron chi connectivity index (χ2n) is 6.89. The van der Waals surface area contributed by atoms with Crippen LogP contribution in [0.1, 0.15) is 36.9 Å². The summed E-state index contributed by atoms with van der Waals surface area (Å²) in [5, 5.41) is 3.38. The molecule has 1 N–H and O–H groups in total. The first-order valence-corrected chi connectivity index (χ1v) is 10.1. The van der Waals surface area contributed by atoms with Crippen LogP contribution in [0.25, 0.3) is 0 Å². The molecule has 0 unspecified atom stereocenters. The Labute approximate surface area is 163 Å². The molecule has 0 spiro atoms. The number of nitrogens with one attached hydrogen (secondary N) is 1. The second kappa shape index (κ2) is 8.03. The number of hydrogen-bond donors (Lipinski definition) is 1. The van der Waals surface area contributed by atoms with Gasteiger partial charge >= 0.3 is 0 Å². The van der Waals surface area contributed by atoms with E-state index in [0.29, 0.717) is 13.1 Å². The van der Waals surface area contributed by atoms with Gasteiger partial charge in [-0.1, -0.05) is 30.3 Å². The van der Waals surface area contributed by atoms with Crippen molar-refractivity contribution in [2.24, 2.45) is 0 Å². The lowest BCUT2D eigenvalue weighted by molar-refractivity contribution is 0.0732. The maximum atomic E-state index is 13.4. The molecule has 0 atom stereocenters. The van der Waals surface area contributed by atoms with Gasteiger partial charge in [0.2, 0.25) is 0 Å². The van der Waals surface area contributed by atoms with Gasteiger partial charge in [0, 0.05) is 30.7 Å². The van der Waals surface area contributed by atoms with E-state index in [1.807, 2.05) is 35.2 Å². The molecule has 4 rings (SSSR count). The molecular weight excluding hydrogens is 354 g/mol. The third-order valence-electron chi connectivity index (χ3n) is 4.94. The molecule has 0 saturated heterocycles. The van der Waals surface area contributed by atoms with Gasteiger partial charge in [-0.2, -0.15) is 0 Å². The number of fused-ring (bicyclic) bond motifs is 1. The zero-order chi connectivity index (χ0) is 18.6. The van der Waals surface area contributed by atoms with E-state index in [-0.39, 0.29) is 5.91 Å². The van der Waals surface area contributed by atoms with Crippen LogP contribution in [0.3, 0.4) is 0 Å². The number of aryl methyl sites for hydroxylation is 1. The average Bonchev–Trinajstić information content (AvgIpc) is 3.13. The van der Waals surface area contributed by atoms with Crippen molar-refractivity contribution in [2.75, 3.05) is 6.54 Å². The van der Waals surface area contributed by atoms with Crippen LogP contribution in [0.5, 0.6) is 0 Å². The van der Waals surface area contributed by atoms with Crippen LogP contribution < -0.4 is 5.32 Å². The molecule has 138 valence electrons. The number of carbonyl (C=O) groups excluding carboxylic acids is 1. The Kier molecular flexibility index (Phi) is 5.32. The number of rotatable bonds is 5. The Morgan fingerprint density at radius 2 is 2.04 bits per heavy atom. The summed E-state index contributed by atoms with van der Waals surface area (Å²) in [7, 11) is 0. The van der Waals surface area contributed by atoms with E-state index in [2.05, 4.69) is 35.4 Å². The summed E-state index contributed by atoms with van der Waals surface area (Å²) in [5.74, 6) is 0.0864. The summed E-state index contributed by atoms with van der Waals surface area (Å²) in [4.78, 5) is 21.9. The lowest BCUT2D eigenvalue weighted by Crippen LogP contribution is -2.30. The largest absolute Gasteiger partial charge is 0.328 e. The molecule has 0 bridgehead atoms. The van der Waals surface area contributed by atoms with Crippen LogP contribution in [-0.2, 0) is 26.1 Å². The monoisotopic (exact) mass is 377 g/mol. The molecule has 27 heavy (non-hydrogen) atoms. The number of amides is 1. The van der Waals surface area contributed by atoms with E-state index in [9.17, 15) is 4.79 Å². The van der Waals surface area contributed by atoms with E-state index in [0.717, 1.165) is 30.1 Å². The molecule has 1 aliphatic heterocycles. The third kappa shape index (κ3) is 4.10. The highest BCUT2D eigenvalue weighted by Gasteiger charge is 2.22. The van der Waals surface area contributed by atoms with Gasteiger partial charge in [0.05, 0.1) is 17.1 Å². The molecule has 0 fully saturated rings. The van der Waals surface area contributed by atoms with Crippen LogP contribution in [0, 0.1) is 6.92 Å². The smallest absolute Gasteiger partial charge is 0.264 e. The molecule has 5 heteroatoms. The minimum Gasteiger partial charge on any atom is -0.328 e. The number of nitrogens with zero attached hydrogens (tertiary/aromatic N) is 2. The van der Waals surface area contributed by atoms with Crippen molar-refractivity contribution in [3.8, 4) is 0 Å². The van der Waals surface area contributed by atoms with E-state index < -0.39 is 0 Å². The number of hydrogen-bond acceptors (Lipinski definition) is 4. The Balaban J connectivity index is 1.63. The Morgan fingerprint density at radius 3 is 2.81 bits per heavy atom. The van der Waals surface area contributed by atoms with E-state index in [4.69, 9.17) is 0 Å². The van der Waals surface area contributed by atoms with E-state index >= 15 is 0 Å². The predicted molar refractivity (Wildman–Crippen MR) is 109 cm³/mol. The number of pyridine rings is 1. The van der Waals surface area contributed by atoms with Crippen LogP contribution in [-0.4, -0.2) is 22.3 Å². The molecule has 1 aliphatic rings. The minimum absolute atomic E-state index is 0.0864. The van der Waals surface area contributed by atoms with Crippen molar-refractivity contribution >= 4 is 17.2 Å². The van der Waals surface area contributed by atoms with Crippen molar-refractivity contribution < 1.29 is 4.79 Å². The number of thiophene rings is 1. The quantitative estimate of drug-likeness (QED) is 0.732. The van der Waals surface area contributed by atoms with Crippen molar-refractivity contribution in [1.82, 2.24) is 15.2 Å². The van der Waals surface area contributed by atoms with Crippen molar-refractivity contribution in [3.63, 3.8) is 0 Å². The molecule has 2 aromatic heterocycles. The Bertz CT molecular complexity index is 912. The predicted octanol–water partition coefficient (Wildman–Crippen LogP) is 3.94. The number of aromatic nitrogens is 1. The minimum atomic E-state index is 0.0864. The average molecular weight is 378 g/mol. The first kappa shape index (κ1) is 17.9. The van der Waals surface area contributed by atoms with E-state index in [1.165, 1.54) is 21.6 Å². The molecule has 0 aliphatic carbocycles. The summed E-state index contributed by atoms with van der Waals surface area (Å²) in [6, 6.07) is 16.2. The first-order valence-electron chi connectivity index (χ1n) is 9.26. The zero-order valence-electron chi connectivity index (χ0n) is 15.4. The maximum Gasteiger partial charge on any atom is 0.264 e. The highest BCUT2D eigenvalue weighted by molar-refractivity contribution is 7.14. The SMILES string of the molecule is Cc1ccccc1CN(Cc1ccccn1)C(=O)c1cc2c(s1)CCNC2. The van der Waals surface area contributed by atoms with E-state index in [1.54, 1.807) is 17.5 Å². The summed E-state index contributed by atoms with van der Waals surface area (Å²) in [6.07, 6.45) is 2.78. The summed E-state index contributed by atoms with van der Waals surface area (Å²) in [5.41, 5.74) is 4.54. The summed E-state index contributed by atoms with van der Waals surface area (Å²) < 4.78 is 0. The molecule has 4 nitrogen and oxygen atoms in total. The van der Waals surface area contributed by atoms with Gasteiger partial charge in [-0.3, -0.25) is 9.78 Å². The van der Waals surface area contributed by atoms with Crippen molar-refractivity contribution in [3.05, 3.63) is 86.9 Å². The molecule has 3 heterocycles. The zero-order valence-corrected chi connectivity index (χ0v) is 16.3. The second-order valence-corrected chi connectivity index (χ2v) is 8.03. The van der Waals surface area contributed by atoms with Crippen LogP contribution >= 0.6 is 11.3 Å². The third-order valence-corrected chi connectivity index (χ3v) is 6.17. The fourth-order valence-corrected chi connectivity index (χ4v) is 4.54. The van der Waals surface area contributed by atoms with Gasteiger partial charge in [0.15, 0.2) is 0 Å². The van der Waals surface area contributed by atoms with Crippen molar-refractivity contribution in [2.45, 2.75) is 33.0 Å². The lowest BCUT2D eigenvalue weighted by Gasteiger charge is -2.23. The van der Waals surface area contributed by atoms with Gasteiger partial charge in [-0.25, -0.2) is 0 Å². The summed E-state index contributed by atoms with van der Waals surface area (Å²) in [6.45, 7) is 5.03. The molecule has 0 radical (unpaired) electrons. The number of carbonyl (C=O) groups is 1.